The van der Waals surface area contributed by atoms with E-state index in [1.165, 1.54) is 18.2 Å². The number of aliphatic hydroxyl groups excluding tert-OH is 1. The van der Waals surface area contributed by atoms with Crippen LogP contribution in [-0.4, -0.2) is 54.7 Å². The van der Waals surface area contributed by atoms with Crippen LogP contribution in [0.25, 0.3) is 0 Å². The average Bonchev–Trinajstić information content (AvgIpc) is 3.51. The fourth-order valence-electron chi connectivity index (χ4n) is 5.74. The van der Waals surface area contributed by atoms with Crippen LogP contribution in [0.4, 0.5) is 28.4 Å². The molecule has 2 aromatic carbocycles. The van der Waals surface area contributed by atoms with E-state index in [2.05, 4.69) is 5.32 Å². The number of amides is 4. The standard InChI is InChI=1S/C28H25F3N4O6S/c1-42(40,41)23-12-15(14-32)8-9-18(23)25-24-20(10-11-22(24)37)34(17-5-2-4-16(13-17)28(29,30)31)27(39)35(25)26(38)33-19-6-3-7-21(19)36/h2,4-5,8-9,12-13,19,21,25,36H,3,6-7,10-11H2,1H3,(H,33,38)/t19-,21-,25+/m0/s1. The highest BCUT2D eigenvalue weighted by molar-refractivity contribution is 7.90. The number of nitrogens with one attached hydrogen (secondary N) is 1. The van der Waals surface area contributed by atoms with E-state index in [9.17, 15) is 46.3 Å². The lowest BCUT2D eigenvalue weighted by molar-refractivity contribution is -0.137. The van der Waals surface area contributed by atoms with Gasteiger partial charge < -0.3 is 10.4 Å². The molecular weight excluding hydrogens is 577 g/mol. The van der Waals surface area contributed by atoms with Crippen molar-refractivity contribution >= 4 is 33.4 Å². The van der Waals surface area contributed by atoms with Gasteiger partial charge in [0.2, 0.25) is 0 Å². The number of urea groups is 2. The summed E-state index contributed by atoms with van der Waals surface area (Å²) in [5, 5.41) is 22.3. The molecule has 42 heavy (non-hydrogen) atoms. The second kappa shape index (κ2) is 10.6. The molecule has 1 aliphatic heterocycles. The third-order valence-corrected chi connectivity index (χ3v) is 8.83. The van der Waals surface area contributed by atoms with E-state index < -0.39 is 62.5 Å². The number of rotatable bonds is 4. The van der Waals surface area contributed by atoms with Gasteiger partial charge in [0.15, 0.2) is 15.6 Å². The van der Waals surface area contributed by atoms with Crippen molar-refractivity contribution in [2.45, 2.75) is 61.4 Å². The smallest absolute Gasteiger partial charge is 0.391 e. The van der Waals surface area contributed by atoms with Gasteiger partial charge in [-0.2, -0.15) is 18.4 Å². The van der Waals surface area contributed by atoms with Gasteiger partial charge in [0.25, 0.3) is 0 Å². The Hall–Kier alpha value is -4.22. The Kier molecular flexibility index (Phi) is 7.36. The van der Waals surface area contributed by atoms with Crippen LogP contribution in [0.15, 0.2) is 58.6 Å². The Morgan fingerprint density at radius 1 is 1.12 bits per heavy atom. The van der Waals surface area contributed by atoms with Crippen molar-refractivity contribution in [3.63, 3.8) is 0 Å². The van der Waals surface area contributed by atoms with Gasteiger partial charge in [0, 0.05) is 23.9 Å². The van der Waals surface area contributed by atoms with Gasteiger partial charge in [-0.15, -0.1) is 0 Å². The summed E-state index contributed by atoms with van der Waals surface area (Å²) in [4.78, 5) is 42.5. The minimum Gasteiger partial charge on any atom is -0.391 e. The molecule has 1 fully saturated rings. The van der Waals surface area contributed by atoms with E-state index >= 15 is 0 Å². The number of ketones is 1. The number of halogens is 3. The molecule has 14 heteroatoms. The molecule has 0 radical (unpaired) electrons. The Bertz CT molecular complexity index is 1680. The molecule has 220 valence electrons. The molecule has 3 atom stereocenters. The van der Waals surface area contributed by atoms with Crippen molar-refractivity contribution in [3.05, 3.63) is 70.4 Å². The van der Waals surface area contributed by atoms with Crippen molar-refractivity contribution < 1.29 is 41.1 Å². The maximum absolute atomic E-state index is 14.2. The third kappa shape index (κ3) is 5.14. The summed E-state index contributed by atoms with van der Waals surface area (Å²) in [5.74, 6) is -0.526. The van der Waals surface area contributed by atoms with E-state index in [0.29, 0.717) is 24.2 Å². The number of Topliss-reactive ketones (excluding diaryl/α,β-unsaturated/α-hetero) is 1. The van der Waals surface area contributed by atoms with Gasteiger partial charge in [-0.25, -0.2) is 22.9 Å². The predicted molar refractivity (Wildman–Crippen MR) is 142 cm³/mol. The number of nitriles is 1. The van der Waals surface area contributed by atoms with Gasteiger partial charge in [-0.1, -0.05) is 12.1 Å². The SMILES string of the molecule is CS(=O)(=O)c1cc(C#N)ccc1[C@@H]1C2=C(CCC2=O)N(c2cccc(C(F)(F)F)c2)C(=O)N1C(=O)N[C@H]1CCC[C@@H]1O. The molecule has 5 rings (SSSR count). The fraction of sp³-hybridized carbons (Fsp3) is 0.357. The van der Waals surface area contributed by atoms with Gasteiger partial charge in [0.05, 0.1) is 39.9 Å². The van der Waals surface area contributed by atoms with E-state index in [4.69, 9.17) is 0 Å². The number of carbonyl (C=O) groups is 3. The summed E-state index contributed by atoms with van der Waals surface area (Å²) in [7, 11) is -4.08. The third-order valence-electron chi connectivity index (χ3n) is 7.67. The molecule has 2 aliphatic carbocycles. The number of hydrogen-bond acceptors (Lipinski definition) is 7. The minimum atomic E-state index is -4.75. The monoisotopic (exact) mass is 602 g/mol. The van der Waals surface area contributed by atoms with Crippen LogP contribution in [-0.2, 0) is 20.8 Å². The van der Waals surface area contributed by atoms with Crippen molar-refractivity contribution in [1.29, 1.82) is 5.26 Å². The first-order chi connectivity index (χ1) is 19.7. The highest BCUT2D eigenvalue weighted by atomic mass is 32.2. The number of alkyl halides is 3. The number of aliphatic hydroxyl groups is 1. The highest BCUT2D eigenvalue weighted by Gasteiger charge is 2.50. The second-order valence-electron chi connectivity index (χ2n) is 10.4. The highest BCUT2D eigenvalue weighted by Crippen LogP contribution is 2.47. The first kappa shape index (κ1) is 29.3. The summed E-state index contributed by atoms with van der Waals surface area (Å²) in [6, 6.07) is 4.81. The molecule has 0 bridgehead atoms. The number of sulfone groups is 1. The second-order valence-corrected chi connectivity index (χ2v) is 12.4. The molecule has 4 amide bonds. The topological polar surface area (TPSA) is 148 Å². The number of anilines is 1. The van der Waals surface area contributed by atoms with E-state index in [-0.39, 0.29) is 40.9 Å². The van der Waals surface area contributed by atoms with E-state index in [0.717, 1.165) is 35.4 Å². The van der Waals surface area contributed by atoms with Crippen LogP contribution in [0.5, 0.6) is 0 Å². The molecular formula is C28H25F3N4O6S. The lowest BCUT2D eigenvalue weighted by Gasteiger charge is -2.41. The van der Waals surface area contributed by atoms with Crippen LogP contribution >= 0.6 is 0 Å². The van der Waals surface area contributed by atoms with Crippen molar-refractivity contribution in [3.8, 4) is 6.07 Å². The van der Waals surface area contributed by atoms with E-state index in [1.807, 2.05) is 6.07 Å². The van der Waals surface area contributed by atoms with Crippen LogP contribution < -0.4 is 10.2 Å². The van der Waals surface area contributed by atoms with Gasteiger partial charge in [-0.3, -0.25) is 9.69 Å². The molecule has 0 saturated heterocycles. The Labute approximate surface area is 238 Å². The molecule has 1 saturated carbocycles. The van der Waals surface area contributed by atoms with Crippen molar-refractivity contribution in [2.75, 3.05) is 11.2 Å². The molecule has 1 heterocycles. The van der Waals surface area contributed by atoms with Crippen LogP contribution in [0, 0.1) is 11.3 Å². The molecule has 2 aromatic rings. The first-order valence-electron chi connectivity index (χ1n) is 13.0. The zero-order valence-corrected chi connectivity index (χ0v) is 23.0. The maximum atomic E-state index is 14.2. The first-order valence-corrected chi connectivity index (χ1v) is 14.9. The summed E-state index contributed by atoms with van der Waals surface area (Å²) >= 11 is 0. The number of hydrogen-bond donors (Lipinski definition) is 2. The molecule has 3 aliphatic rings. The number of allylic oxidation sites excluding steroid dienone is 1. The van der Waals surface area contributed by atoms with Crippen molar-refractivity contribution in [1.82, 2.24) is 10.2 Å². The van der Waals surface area contributed by atoms with Crippen LogP contribution in [0.3, 0.4) is 0 Å². The number of imide groups is 1. The van der Waals surface area contributed by atoms with Gasteiger partial charge >= 0.3 is 18.2 Å². The lowest BCUT2D eigenvalue weighted by atomic mass is 9.92. The number of benzene rings is 2. The zero-order chi connectivity index (χ0) is 30.6. The van der Waals surface area contributed by atoms with Crippen LogP contribution in [0.2, 0.25) is 0 Å². The number of nitrogens with zero attached hydrogens (tertiary/aromatic N) is 3. The van der Waals surface area contributed by atoms with Gasteiger partial charge in [-0.05, 0) is 61.6 Å². The largest absolute Gasteiger partial charge is 0.416 e. The molecule has 2 N–H and O–H groups in total. The average molecular weight is 603 g/mol. The maximum Gasteiger partial charge on any atom is 0.416 e. The van der Waals surface area contributed by atoms with E-state index in [1.54, 1.807) is 0 Å². The zero-order valence-electron chi connectivity index (χ0n) is 22.2. The summed E-state index contributed by atoms with van der Waals surface area (Å²) in [6.07, 6.45) is -3.62. The molecule has 10 nitrogen and oxygen atoms in total. The Morgan fingerprint density at radius 3 is 2.48 bits per heavy atom. The lowest BCUT2D eigenvalue weighted by Crippen LogP contribution is -2.57. The predicted octanol–water partition coefficient (Wildman–Crippen LogP) is 4.20. The summed E-state index contributed by atoms with van der Waals surface area (Å²) < 4.78 is 66.5. The minimum absolute atomic E-state index is 0.0241. The summed E-state index contributed by atoms with van der Waals surface area (Å²) in [5.41, 5.74) is -1.52. The Balaban J connectivity index is 1.75. The number of carbonyl (C=O) groups excluding carboxylic acids is 3. The molecule has 0 spiro atoms. The quantitative estimate of drug-likeness (QED) is 0.533. The fourth-order valence-corrected chi connectivity index (χ4v) is 6.69. The van der Waals surface area contributed by atoms with Gasteiger partial charge in [0.1, 0.15) is 6.04 Å². The Morgan fingerprint density at radius 2 is 1.86 bits per heavy atom. The van der Waals surface area contributed by atoms with Crippen LogP contribution in [0.1, 0.15) is 54.8 Å². The summed E-state index contributed by atoms with van der Waals surface area (Å²) in [6.45, 7) is 0. The molecule has 0 aromatic heterocycles. The normalized spacial score (nSPS) is 22.8. The van der Waals surface area contributed by atoms with Crippen molar-refractivity contribution in [2.24, 2.45) is 0 Å². The molecule has 0 unspecified atom stereocenters.